The Morgan fingerprint density at radius 1 is 1.69 bits per heavy atom. The molecule has 0 aromatic carbocycles. The van der Waals surface area contributed by atoms with Crippen molar-refractivity contribution in [3.05, 3.63) is 18.5 Å². The number of rotatable bonds is 5. The Balaban J connectivity index is 1.67. The topological polar surface area (TPSA) is 59.0 Å². The molecule has 5 heteroatoms. The van der Waals surface area contributed by atoms with Crippen molar-refractivity contribution in [2.24, 2.45) is 11.8 Å². The molecule has 1 atom stereocenters. The number of nitrogens with one attached hydrogen (secondary N) is 2. The largest absolute Gasteiger partial charge is 0.354 e. The van der Waals surface area contributed by atoms with Crippen LogP contribution in [0, 0.1) is 11.8 Å². The van der Waals surface area contributed by atoms with Crippen LogP contribution in [-0.2, 0) is 11.3 Å². The summed E-state index contributed by atoms with van der Waals surface area (Å²) in [5.41, 5.74) is 0. The maximum Gasteiger partial charge on any atom is 0.223 e. The molecule has 1 saturated heterocycles. The van der Waals surface area contributed by atoms with Crippen LogP contribution in [0.25, 0.3) is 0 Å². The first-order valence-corrected chi connectivity index (χ1v) is 5.73. The fourth-order valence-corrected chi connectivity index (χ4v) is 1.77. The van der Waals surface area contributed by atoms with Crippen LogP contribution in [-0.4, -0.2) is 35.3 Å². The quantitative estimate of drug-likeness (QED) is 0.728. The van der Waals surface area contributed by atoms with Gasteiger partial charge in [0.05, 0.1) is 6.54 Å². The van der Waals surface area contributed by atoms with Crippen LogP contribution in [0.2, 0.25) is 0 Å². The highest BCUT2D eigenvalue weighted by atomic mass is 16.1. The molecular weight excluding hydrogens is 204 g/mol. The number of nitrogens with zero attached hydrogens (tertiary/aromatic N) is 2. The molecule has 0 spiro atoms. The predicted molar refractivity (Wildman–Crippen MR) is 60.8 cm³/mol. The van der Waals surface area contributed by atoms with E-state index in [9.17, 15) is 4.79 Å². The summed E-state index contributed by atoms with van der Waals surface area (Å²) in [6, 6.07) is 1.88. The molecule has 0 aliphatic carbocycles. The summed E-state index contributed by atoms with van der Waals surface area (Å²) in [6.07, 6.45) is 3.63. The Kier molecular flexibility index (Phi) is 3.56. The summed E-state index contributed by atoms with van der Waals surface area (Å²) in [4.78, 5) is 11.7. The van der Waals surface area contributed by atoms with Crippen molar-refractivity contribution in [3.63, 3.8) is 0 Å². The van der Waals surface area contributed by atoms with E-state index in [-0.39, 0.29) is 11.8 Å². The maximum absolute atomic E-state index is 11.7. The Morgan fingerprint density at radius 3 is 3.06 bits per heavy atom. The normalized spacial score (nSPS) is 17.8. The minimum atomic E-state index is 0.110. The van der Waals surface area contributed by atoms with E-state index in [4.69, 9.17) is 0 Å². The summed E-state index contributed by atoms with van der Waals surface area (Å²) in [5, 5.41) is 10.2. The first-order chi connectivity index (χ1) is 7.77. The summed E-state index contributed by atoms with van der Waals surface area (Å²) in [6.45, 7) is 5.30. The SMILES string of the molecule is CC(C(=O)NCCn1cccn1)C1CNC1. The molecule has 1 aromatic heterocycles. The minimum Gasteiger partial charge on any atom is -0.354 e. The molecule has 0 bridgehead atoms. The Hall–Kier alpha value is -1.36. The molecule has 2 N–H and O–H groups in total. The van der Waals surface area contributed by atoms with Crippen LogP contribution < -0.4 is 10.6 Å². The average Bonchev–Trinajstić information content (AvgIpc) is 2.67. The lowest BCUT2D eigenvalue weighted by Gasteiger charge is -2.31. The zero-order valence-corrected chi connectivity index (χ0v) is 9.52. The summed E-state index contributed by atoms with van der Waals surface area (Å²) in [5.74, 6) is 0.766. The van der Waals surface area contributed by atoms with Crippen molar-refractivity contribution < 1.29 is 4.79 Å². The van der Waals surface area contributed by atoms with Gasteiger partial charge in [0, 0.05) is 24.9 Å². The van der Waals surface area contributed by atoms with Gasteiger partial charge in [-0.25, -0.2) is 0 Å². The molecule has 0 radical (unpaired) electrons. The van der Waals surface area contributed by atoms with Crippen LogP contribution in [0.4, 0.5) is 0 Å². The van der Waals surface area contributed by atoms with Crippen molar-refractivity contribution in [2.45, 2.75) is 13.5 Å². The highest BCUT2D eigenvalue weighted by Crippen LogP contribution is 2.15. The standard InChI is InChI=1S/C11H18N4O/c1-9(10-7-12-8-10)11(16)13-4-6-15-5-2-3-14-15/h2-3,5,9-10,12H,4,6-8H2,1H3,(H,13,16). The molecule has 1 fully saturated rings. The van der Waals surface area contributed by atoms with Gasteiger partial charge in [0.2, 0.25) is 5.91 Å². The van der Waals surface area contributed by atoms with Crippen molar-refractivity contribution in [1.29, 1.82) is 0 Å². The van der Waals surface area contributed by atoms with Crippen LogP contribution in [0.5, 0.6) is 0 Å². The summed E-state index contributed by atoms with van der Waals surface area (Å²) < 4.78 is 1.82. The van der Waals surface area contributed by atoms with E-state index in [1.165, 1.54) is 0 Å². The molecule has 1 amide bonds. The molecule has 5 nitrogen and oxygen atoms in total. The van der Waals surface area contributed by atoms with Crippen LogP contribution in [0.1, 0.15) is 6.92 Å². The monoisotopic (exact) mass is 222 g/mol. The van der Waals surface area contributed by atoms with E-state index in [1.54, 1.807) is 6.20 Å². The van der Waals surface area contributed by atoms with Crippen molar-refractivity contribution in [2.75, 3.05) is 19.6 Å². The molecule has 1 unspecified atom stereocenters. The van der Waals surface area contributed by atoms with E-state index in [0.717, 1.165) is 19.6 Å². The molecule has 2 heterocycles. The Bertz CT molecular complexity index is 332. The van der Waals surface area contributed by atoms with Gasteiger partial charge in [-0.1, -0.05) is 6.92 Å². The molecule has 88 valence electrons. The summed E-state index contributed by atoms with van der Waals surface area (Å²) in [7, 11) is 0. The number of aromatic nitrogens is 2. The second kappa shape index (κ2) is 5.12. The molecule has 2 rings (SSSR count). The van der Waals surface area contributed by atoms with Gasteiger partial charge in [0.25, 0.3) is 0 Å². The second-order valence-electron chi connectivity index (χ2n) is 4.27. The van der Waals surface area contributed by atoms with E-state index in [2.05, 4.69) is 15.7 Å². The fraction of sp³-hybridized carbons (Fsp3) is 0.636. The van der Waals surface area contributed by atoms with Gasteiger partial charge in [-0.15, -0.1) is 0 Å². The molecular formula is C11H18N4O. The number of hydrogen-bond donors (Lipinski definition) is 2. The third-order valence-electron chi connectivity index (χ3n) is 3.13. The Morgan fingerprint density at radius 2 is 2.50 bits per heavy atom. The van der Waals surface area contributed by atoms with Gasteiger partial charge < -0.3 is 10.6 Å². The lowest BCUT2D eigenvalue weighted by atomic mass is 9.88. The highest BCUT2D eigenvalue weighted by molar-refractivity contribution is 5.78. The van der Waals surface area contributed by atoms with Gasteiger partial charge in [-0.3, -0.25) is 9.48 Å². The van der Waals surface area contributed by atoms with E-state index >= 15 is 0 Å². The predicted octanol–water partition coefficient (Wildman–Crippen LogP) is -0.145. The first kappa shape index (κ1) is 11.1. The maximum atomic E-state index is 11.7. The van der Waals surface area contributed by atoms with Crippen molar-refractivity contribution in [1.82, 2.24) is 20.4 Å². The van der Waals surface area contributed by atoms with Crippen molar-refractivity contribution in [3.8, 4) is 0 Å². The number of amides is 1. The van der Waals surface area contributed by atoms with E-state index in [1.807, 2.05) is 23.9 Å². The van der Waals surface area contributed by atoms with Gasteiger partial charge >= 0.3 is 0 Å². The van der Waals surface area contributed by atoms with Gasteiger partial charge in [-0.05, 0) is 25.1 Å². The van der Waals surface area contributed by atoms with Crippen LogP contribution in [0.15, 0.2) is 18.5 Å². The molecule has 1 aliphatic rings. The first-order valence-electron chi connectivity index (χ1n) is 5.73. The second-order valence-corrected chi connectivity index (χ2v) is 4.27. The van der Waals surface area contributed by atoms with Crippen LogP contribution in [0.3, 0.4) is 0 Å². The molecule has 16 heavy (non-hydrogen) atoms. The molecule has 1 aliphatic heterocycles. The Labute approximate surface area is 95.2 Å². The van der Waals surface area contributed by atoms with Gasteiger partial charge in [-0.2, -0.15) is 5.10 Å². The zero-order chi connectivity index (χ0) is 11.4. The average molecular weight is 222 g/mol. The van der Waals surface area contributed by atoms with E-state index in [0.29, 0.717) is 12.5 Å². The fourth-order valence-electron chi connectivity index (χ4n) is 1.77. The van der Waals surface area contributed by atoms with Crippen LogP contribution >= 0.6 is 0 Å². The third-order valence-corrected chi connectivity index (χ3v) is 3.13. The highest BCUT2D eigenvalue weighted by Gasteiger charge is 2.28. The smallest absolute Gasteiger partial charge is 0.223 e. The van der Waals surface area contributed by atoms with E-state index < -0.39 is 0 Å². The number of carbonyl (C=O) groups is 1. The number of carbonyl (C=O) groups excluding carboxylic acids is 1. The lowest BCUT2D eigenvalue weighted by Crippen LogP contribution is -2.49. The summed E-state index contributed by atoms with van der Waals surface area (Å²) >= 11 is 0. The van der Waals surface area contributed by atoms with Gasteiger partial charge in [0.1, 0.15) is 0 Å². The molecule has 1 aromatic rings. The third kappa shape index (κ3) is 2.61. The number of hydrogen-bond acceptors (Lipinski definition) is 3. The van der Waals surface area contributed by atoms with Gasteiger partial charge in [0.15, 0.2) is 0 Å². The van der Waals surface area contributed by atoms with Crippen molar-refractivity contribution >= 4 is 5.91 Å². The lowest BCUT2D eigenvalue weighted by molar-refractivity contribution is -0.126. The molecule has 0 saturated carbocycles. The zero-order valence-electron chi connectivity index (χ0n) is 9.52. The minimum absolute atomic E-state index is 0.110.